The van der Waals surface area contributed by atoms with Crippen LogP contribution in [0.2, 0.25) is 0 Å². The predicted molar refractivity (Wildman–Crippen MR) is 127 cm³/mol. The molecule has 3 heterocycles. The Morgan fingerprint density at radius 1 is 1.18 bits per heavy atom. The first-order valence-electron chi connectivity index (χ1n) is 11.2. The number of Topliss-reactive ketones (excluding diaryl/α,β-unsaturated/α-hetero) is 1. The number of aryl methyl sites for hydroxylation is 1. The number of carbonyl (C=O) groups excluding carboxylic acids is 2. The summed E-state index contributed by atoms with van der Waals surface area (Å²) in [6.45, 7) is 4.36. The largest absolute Gasteiger partial charge is 0.383 e. The average Bonchev–Trinajstić information content (AvgIpc) is 3.46. The van der Waals surface area contributed by atoms with Gasteiger partial charge in [0, 0.05) is 44.7 Å². The Labute approximate surface area is 194 Å². The van der Waals surface area contributed by atoms with E-state index in [2.05, 4.69) is 15.0 Å². The summed E-state index contributed by atoms with van der Waals surface area (Å²) in [6, 6.07) is 13.6. The van der Waals surface area contributed by atoms with E-state index in [1.807, 2.05) is 56.4 Å². The van der Waals surface area contributed by atoms with E-state index in [1.165, 1.54) is 6.20 Å². The van der Waals surface area contributed by atoms with Gasteiger partial charge < -0.3 is 15.5 Å². The second-order valence-electron chi connectivity index (χ2n) is 8.69. The van der Waals surface area contributed by atoms with Crippen molar-refractivity contribution < 1.29 is 9.59 Å². The standard InChI is InChI=1S/C25H30N6O2/c1-18-6-8-21(9-7-18)31-25(26)22(15-28-31)24(33)19-10-14-30(16-19)23(32)11-13-29(2)17-20-5-3-4-12-27-20/h3-9,12,15,19H,10-11,13-14,16-17,26H2,1-2H3/t19-/m0/s1. The lowest BCUT2D eigenvalue weighted by Crippen LogP contribution is -2.32. The molecule has 0 radical (unpaired) electrons. The molecule has 1 aliphatic rings. The number of rotatable bonds is 8. The van der Waals surface area contributed by atoms with E-state index >= 15 is 0 Å². The maximum absolute atomic E-state index is 13.1. The van der Waals surface area contributed by atoms with E-state index in [0.29, 0.717) is 50.4 Å². The Balaban J connectivity index is 1.31. The molecule has 0 unspecified atom stereocenters. The van der Waals surface area contributed by atoms with Gasteiger partial charge in [0.2, 0.25) is 5.91 Å². The molecule has 0 aliphatic carbocycles. The zero-order valence-electron chi connectivity index (χ0n) is 19.1. The van der Waals surface area contributed by atoms with E-state index < -0.39 is 0 Å². The van der Waals surface area contributed by atoms with Crippen LogP contribution < -0.4 is 5.73 Å². The van der Waals surface area contributed by atoms with E-state index in [9.17, 15) is 9.59 Å². The first kappa shape index (κ1) is 22.7. The summed E-state index contributed by atoms with van der Waals surface area (Å²) in [5.74, 6) is 0.109. The highest BCUT2D eigenvalue weighted by Crippen LogP contribution is 2.26. The Kier molecular flexibility index (Phi) is 6.84. The monoisotopic (exact) mass is 446 g/mol. The van der Waals surface area contributed by atoms with Gasteiger partial charge in [-0.15, -0.1) is 0 Å². The van der Waals surface area contributed by atoms with Gasteiger partial charge in [0.25, 0.3) is 0 Å². The quantitative estimate of drug-likeness (QED) is 0.535. The van der Waals surface area contributed by atoms with Gasteiger partial charge in [0.05, 0.1) is 23.1 Å². The lowest BCUT2D eigenvalue weighted by Gasteiger charge is -2.20. The van der Waals surface area contributed by atoms with Crippen LogP contribution in [0.1, 0.15) is 34.5 Å². The number of hydrogen-bond acceptors (Lipinski definition) is 6. The number of aromatic nitrogens is 3. The van der Waals surface area contributed by atoms with Crippen molar-refractivity contribution in [3.05, 3.63) is 71.7 Å². The van der Waals surface area contributed by atoms with Crippen molar-refractivity contribution in [2.24, 2.45) is 5.92 Å². The number of nitrogens with zero attached hydrogens (tertiary/aromatic N) is 5. The SMILES string of the molecule is Cc1ccc(-n2ncc(C(=O)[C@H]3CCN(C(=O)CCN(C)Cc4ccccn4)C3)c2N)cc1. The molecule has 172 valence electrons. The first-order valence-corrected chi connectivity index (χ1v) is 11.2. The zero-order chi connectivity index (χ0) is 23.4. The molecular weight excluding hydrogens is 416 g/mol. The molecule has 2 N–H and O–H groups in total. The topological polar surface area (TPSA) is 97.4 Å². The smallest absolute Gasteiger partial charge is 0.223 e. The Morgan fingerprint density at radius 3 is 2.70 bits per heavy atom. The minimum Gasteiger partial charge on any atom is -0.383 e. The molecular formula is C25H30N6O2. The number of benzene rings is 1. The molecule has 0 bridgehead atoms. The molecule has 2 aromatic heterocycles. The molecule has 1 aliphatic heterocycles. The number of anilines is 1. The van der Waals surface area contributed by atoms with Gasteiger partial charge in [-0.3, -0.25) is 14.6 Å². The fourth-order valence-electron chi connectivity index (χ4n) is 4.15. The summed E-state index contributed by atoms with van der Waals surface area (Å²) in [5.41, 5.74) is 9.62. The fraction of sp³-hybridized carbons (Fsp3) is 0.360. The van der Waals surface area contributed by atoms with Gasteiger partial charge in [-0.2, -0.15) is 5.10 Å². The first-order chi connectivity index (χ1) is 15.9. The lowest BCUT2D eigenvalue weighted by atomic mass is 9.98. The van der Waals surface area contributed by atoms with Gasteiger partial charge in [-0.05, 0) is 44.7 Å². The lowest BCUT2D eigenvalue weighted by molar-refractivity contribution is -0.130. The molecule has 3 aromatic rings. The summed E-state index contributed by atoms with van der Waals surface area (Å²) in [4.78, 5) is 34.0. The number of pyridine rings is 1. The molecule has 4 rings (SSSR count). The van der Waals surface area contributed by atoms with Crippen LogP contribution in [0.15, 0.2) is 54.9 Å². The number of amides is 1. The third kappa shape index (κ3) is 5.28. The summed E-state index contributed by atoms with van der Waals surface area (Å²) >= 11 is 0. The van der Waals surface area contributed by atoms with E-state index in [0.717, 1.165) is 16.9 Å². The Morgan fingerprint density at radius 2 is 1.97 bits per heavy atom. The Hall–Kier alpha value is -3.52. The summed E-state index contributed by atoms with van der Waals surface area (Å²) in [5, 5.41) is 4.33. The maximum atomic E-state index is 13.1. The number of nitrogens with two attached hydrogens (primary N) is 1. The molecule has 1 fully saturated rings. The van der Waals surface area contributed by atoms with Crippen molar-refractivity contribution in [1.29, 1.82) is 0 Å². The molecule has 0 spiro atoms. The van der Waals surface area contributed by atoms with Crippen molar-refractivity contribution in [3.8, 4) is 5.69 Å². The van der Waals surface area contributed by atoms with Gasteiger partial charge >= 0.3 is 0 Å². The van der Waals surface area contributed by atoms with Gasteiger partial charge in [0.1, 0.15) is 5.82 Å². The molecule has 8 heteroatoms. The number of ketones is 1. The van der Waals surface area contributed by atoms with Crippen LogP contribution in [0.5, 0.6) is 0 Å². The maximum Gasteiger partial charge on any atom is 0.223 e. The third-order valence-electron chi connectivity index (χ3n) is 6.13. The second kappa shape index (κ2) is 9.95. The second-order valence-corrected chi connectivity index (χ2v) is 8.69. The third-order valence-corrected chi connectivity index (χ3v) is 6.13. The minimum atomic E-state index is -0.252. The van der Waals surface area contributed by atoms with Crippen molar-refractivity contribution >= 4 is 17.5 Å². The molecule has 33 heavy (non-hydrogen) atoms. The van der Waals surface area contributed by atoms with Crippen LogP contribution in [0.4, 0.5) is 5.82 Å². The zero-order valence-corrected chi connectivity index (χ0v) is 19.1. The highest BCUT2D eigenvalue weighted by Gasteiger charge is 2.33. The van der Waals surface area contributed by atoms with Crippen molar-refractivity contribution in [2.45, 2.75) is 26.3 Å². The van der Waals surface area contributed by atoms with Gasteiger partial charge in [-0.1, -0.05) is 23.8 Å². The van der Waals surface area contributed by atoms with Crippen LogP contribution in [0, 0.1) is 12.8 Å². The van der Waals surface area contributed by atoms with Crippen LogP contribution >= 0.6 is 0 Å². The number of carbonyl (C=O) groups is 2. The van der Waals surface area contributed by atoms with E-state index in [4.69, 9.17) is 5.73 Å². The van der Waals surface area contributed by atoms with E-state index in [1.54, 1.807) is 15.8 Å². The Bertz CT molecular complexity index is 1110. The molecule has 8 nitrogen and oxygen atoms in total. The number of likely N-dealkylation sites (tertiary alicyclic amines) is 1. The molecule has 1 aromatic carbocycles. The van der Waals surface area contributed by atoms with Gasteiger partial charge in [-0.25, -0.2) is 4.68 Å². The number of hydrogen-bond donors (Lipinski definition) is 1. The normalized spacial score (nSPS) is 15.8. The molecule has 1 amide bonds. The summed E-state index contributed by atoms with van der Waals surface area (Å²) in [6.07, 6.45) is 4.36. The highest BCUT2D eigenvalue weighted by atomic mass is 16.2. The van der Waals surface area contributed by atoms with Crippen LogP contribution in [-0.2, 0) is 11.3 Å². The van der Waals surface area contributed by atoms with Crippen molar-refractivity contribution in [3.63, 3.8) is 0 Å². The summed E-state index contributed by atoms with van der Waals surface area (Å²) in [7, 11) is 1.98. The average molecular weight is 447 g/mol. The van der Waals surface area contributed by atoms with Crippen LogP contribution in [-0.4, -0.2) is 62.9 Å². The van der Waals surface area contributed by atoms with E-state index in [-0.39, 0.29) is 17.6 Å². The number of nitrogen functional groups attached to an aromatic ring is 1. The van der Waals surface area contributed by atoms with Crippen LogP contribution in [0.3, 0.4) is 0 Å². The van der Waals surface area contributed by atoms with Gasteiger partial charge in [0.15, 0.2) is 5.78 Å². The summed E-state index contributed by atoms with van der Waals surface area (Å²) < 4.78 is 1.59. The molecule has 1 saturated heterocycles. The van der Waals surface area contributed by atoms with Crippen molar-refractivity contribution in [1.82, 2.24) is 24.6 Å². The van der Waals surface area contributed by atoms with Crippen molar-refractivity contribution in [2.75, 3.05) is 32.4 Å². The molecule has 1 atom stereocenters. The highest BCUT2D eigenvalue weighted by molar-refractivity contribution is 6.02. The fourth-order valence-corrected chi connectivity index (χ4v) is 4.15. The predicted octanol–water partition coefficient (Wildman–Crippen LogP) is 2.71. The molecule has 0 saturated carbocycles. The van der Waals surface area contributed by atoms with Crippen LogP contribution in [0.25, 0.3) is 5.69 Å². The minimum absolute atomic E-state index is 0.0477.